The molecule has 4 N–H and O–H groups in total. The van der Waals surface area contributed by atoms with Gasteiger partial charge in [0.05, 0.1) is 13.2 Å². The van der Waals surface area contributed by atoms with Crippen LogP contribution in [0.4, 0.5) is 4.79 Å². The van der Waals surface area contributed by atoms with Crippen molar-refractivity contribution in [1.82, 2.24) is 15.6 Å². The number of aliphatic carboxylic acids is 1. The van der Waals surface area contributed by atoms with Crippen LogP contribution in [0.1, 0.15) is 25.0 Å². The Labute approximate surface area is 211 Å². The monoisotopic (exact) mass is 499 g/mol. The van der Waals surface area contributed by atoms with Crippen molar-refractivity contribution < 1.29 is 29.0 Å². The van der Waals surface area contributed by atoms with Gasteiger partial charge in [-0.1, -0.05) is 74.5 Å². The van der Waals surface area contributed by atoms with Crippen LogP contribution >= 0.6 is 0 Å². The van der Waals surface area contributed by atoms with E-state index in [-0.39, 0.29) is 18.9 Å². The van der Waals surface area contributed by atoms with Gasteiger partial charge in [-0.25, -0.2) is 9.59 Å². The van der Waals surface area contributed by atoms with Crippen molar-refractivity contribution in [2.45, 2.75) is 39.0 Å². The highest BCUT2D eigenvalue weighted by molar-refractivity contribution is 5.89. The van der Waals surface area contributed by atoms with E-state index in [2.05, 4.69) is 10.6 Å². The number of alkyl carbamates (subject to hydrolysis) is 1. The topological polar surface area (TPSA) is 141 Å². The van der Waals surface area contributed by atoms with Crippen LogP contribution in [0.15, 0.2) is 60.7 Å². The first-order valence-corrected chi connectivity index (χ1v) is 11.8. The number of amides is 2. The average molecular weight is 500 g/mol. The molecule has 10 heteroatoms. The first-order valence-electron chi connectivity index (χ1n) is 11.8. The number of hydrogen-bond acceptors (Lipinski definition) is 6. The molecule has 2 aromatic rings. The summed E-state index contributed by atoms with van der Waals surface area (Å²) in [7, 11) is 0. The van der Waals surface area contributed by atoms with Gasteiger partial charge in [0.1, 0.15) is 18.7 Å². The molecular formula is C26H35N4O6-. The SMILES string of the molecule is CC(C)[C@H](NC(=O)OCc1ccccc1)C(=O)N[C@@H](Cc1ccccc1)C(=O)O.[NH-]N1CCOCC1. The molecule has 1 saturated heterocycles. The molecule has 1 aliphatic heterocycles. The van der Waals surface area contributed by atoms with Crippen LogP contribution in [0.3, 0.4) is 0 Å². The lowest BCUT2D eigenvalue weighted by Gasteiger charge is -2.30. The number of ether oxygens (including phenoxy) is 2. The Morgan fingerprint density at radius 2 is 1.53 bits per heavy atom. The fraction of sp³-hybridized carbons (Fsp3) is 0.423. The summed E-state index contributed by atoms with van der Waals surface area (Å²) in [5.74, 6) is 5.05. The highest BCUT2D eigenvalue weighted by Crippen LogP contribution is 2.08. The molecule has 0 aromatic heterocycles. The third-order valence-electron chi connectivity index (χ3n) is 5.34. The van der Waals surface area contributed by atoms with Gasteiger partial charge >= 0.3 is 12.1 Å². The van der Waals surface area contributed by atoms with Gasteiger partial charge in [-0.3, -0.25) is 4.79 Å². The summed E-state index contributed by atoms with van der Waals surface area (Å²) in [5, 5.41) is 16.0. The summed E-state index contributed by atoms with van der Waals surface area (Å²) in [6.07, 6.45) is -0.594. The molecule has 0 bridgehead atoms. The molecular weight excluding hydrogens is 464 g/mol. The zero-order valence-electron chi connectivity index (χ0n) is 20.7. The Hall–Kier alpha value is -3.47. The minimum Gasteiger partial charge on any atom is -0.609 e. The van der Waals surface area contributed by atoms with E-state index >= 15 is 0 Å². The van der Waals surface area contributed by atoms with Crippen molar-refractivity contribution in [2.24, 2.45) is 5.92 Å². The van der Waals surface area contributed by atoms with Gasteiger partial charge in [-0.15, -0.1) is 0 Å². The average Bonchev–Trinajstić information content (AvgIpc) is 2.87. The van der Waals surface area contributed by atoms with Gasteiger partial charge in [0.15, 0.2) is 0 Å². The zero-order chi connectivity index (χ0) is 26.3. The Morgan fingerprint density at radius 1 is 0.972 bits per heavy atom. The van der Waals surface area contributed by atoms with E-state index < -0.39 is 30.1 Å². The number of carbonyl (C=O) groups is 3. The Balaban J connectivity index is 0.000000558. The fourth-order valence-corrected chi connectivity index (χ4v) is 3.30. The van der Waals surface area contributed by atoms with E-state index in [4.69, 9.17) is 15.3 Å². The molecule has 0 radical (unpaired) electrons. The molecule has 0 aliphatic carbocycles. The fourth-order valence-electron chi connectivity index (χ4n) is 3.30. The van der Waals surface area contributed by atoms with Crippen molar-refractivity contribution >= 4 is 18.0 Å². The smallest absolute Gasteiger partial charge is 0.408 e. The van der Waals surface area contributed by atoms with Crippen molar-refractivity contribution in [3.05, 3.63) is 77.6 Å². The van der Waals surface area contributed by atoms with E-state index in [0.717, 1.165) is 37.4 Å². The maximum atomic E-state index is 12.7. The lowest BCUT2D eigenvalue weighted by molar-refractivity contribution is -0.142. The second-order valence-electron chi connectivity index (χ2n) is 8.62. The number of carboxylic acids is 1. The molecule has 0 unspecified atom stereocenters. The predicted molar refractivity (Wildman–Crippen MR) is 135 cm³/mol. The van der Waals surface area contributed by atoms with Crippen LogP contribution in [0, 0.1) is 5.92 Å². The minimum atomic E-state index is -1.14. The van der Waals surface area contributed by atoms with E-state index in [9.17, 15) is 19.5 Å². The number of nitrogens with one attached hydrogen (secondary N) is 3. The molecule has 2 aromatic carbocycles. The van der Waals surface area contributed by atoms with E-state index in [1.807, 2.05) is 36.4 Å². The molecule has 196 valence electrons. The van der Waals surface area contributed by atoms with Crippen molar-refractivity contribution in [2.75, 3.05) is 26.3 Å². The summed E-state index contributed by atoms with van der Waals surface area (Å²) in [6.45, 7) is 6.57. The summed E-state index contributed by atoms with van der Waals surface area (Å²) in [5.41, 5.74) is 1.61. The number of carbonyl (C=O) groups excluding carboxylic acids is 2. The van der Waals surface area contributed by atoms with Gasteiger partial charge < -0.3 is 36.1 Å². The number of hydrogen-bond donors (Lipinski definition) is 3. The second kappa shape index (κ2) is 15.5. The van der Waals surface area contributed by atoms with E-state index in [0.29, 0.717) is 0 Å². The van der Waals surface area contributed by atoms with Crippen LogP contribution in [-0.2, 0) is 32.1 Å². The standard InChI is InChI=1S/C22H26N2O5.C4H9N2O/c1-15(2)19(24-22(28)29-14-17-11-7-4-8-12-17)20(25)23-18(21(26)27)13-16-9-5-3-6-10-16;5-6-1-3-7-4-2-6/h3-12,15,18-19H,13-14H2,1-2H3,(H,23,25)(H,24,28)(H,26,27);5H,1-4H2/q;-1/t18-,19-;/m0./s1. The summed E-state index contributed by atoms with van der Waals surface area (Å²) in [4.78, 5) is 36.4. The summed E-state index contributed by atoms with van der Waals surface area (Å²) < 4.78 is 10.1. The van der Waals surface area contributed by atoms with Gasteiger partial charge in [0, 0.05) is 19.5 Å². The summed E-state index contributed by atoms with van der Waals surface area (Å²) in [6, 6.07) is 16.2. The van der Waals surface area contributed by atoms with E-state index in [1.54, 1.807) is 38.1 Å². The quantitative estimate of drug-likeness (QED) is 0.481. The molecule has 10 nitrogen and oxygen atoms in total. The Kier molecular flexibility index (Phi) is 12.4. The molecule has 2 atom stereocenters. The van der Waals surface area contributed by atoms with Gasteiger partial charge in [-0.2, -0.15) is 0 Å². The second-order valence-corrected chi connectivity index (χ2v) is 8.62. The summed E-state index contributed by atoms with van der Waals surface area (Å²) >= 11 is 0. The maximum absolute atomic E-state index is 12.7. The van der Waals surface area contributed by atoms with Crippen LogP contribution in [0.5, 0.6) is 0 Å². The minimum absolute atomic E-state index is 0.0743. The Bertz CT molecular complexity index is 936. The molecule has 36 heavy (non-hydrogen) atoms. The number of benzene rings is 2. The van der Waals surface area contributed by atoms with Gasteiger partial charge in [0.2, 0.25) is 5.91 Å². The third kappa shape index (κ3) is 10.9. The molecule has 1 heterocycles. The predicted octanol–water partition coefficient (Wildman–Crippen LogP) is 3.04. The highest BCUT2D eigenvalue weighted by Gasteiger charge is 2.29. The van der Waals surface area contributed by atoms with Crippen molar-refractivity contribution in [3.63, 3.8) is 0 Å². The zero-order valence-corrected chi connectivity index (χ0v) is 20.7. The number of rotatable bonds is 9. The van der Waals surface area contributed by atoms with Crippen molar-refractivity contribution in [3.8, 4) is 0 Å². The first-order chi connectivity index (χ1) is 17.3. The largest absolute Gasteiger partial charge is 0.609 e. The Morgan fingerprint density at radius 3 is 2.00 bits per heavy atom. The maximum Gasteiger partial charge on any atom is 0.408 e. The number of morpholine rings is 1. The lowest BCUT2D eigenvalue weighted by Crippen LogP contribution is -2.54. The van der Waals surface area contributed by atoms with Gasteiger partial charge in [0.25, 0.3) is 0 Å². The molecule has 1 aliphatic rings. The van der Waals surface area contributed by atoms with Crippen LogP contribution in [0.25, 0.3) is 5.84 Å². The lowest BCUT2D eigenvalue weighted by atomic mass is 10.0. The van der Waals surface area contributed by atoms with Gasteiger partial charge in [-0.05, 0) is 17.0 Å². The number of carboxylic acid groups (broad SMARTS) is 1. The number of nitrogens with zero attached hydrogens (tertiary/aromatic N) is 1. The van der Waals surface area contributed by atoms with Crippen molar-refractivity contribution in [1.29, 1.82) is 0 Å². The van der Waals surface area contributed by atoms with E-state index in [1.165, 1.54) is 5.01 Å². The third-order valence-corrected chi connectivity index (χ3v) is 5.34. The van der Waals surface area contributed by atoms with Crippen LogP contribution < -0.4 is 10.6 Å². The van der Waals surface area contributed by atoms with Crippen LogP contribution in [-0.4, -0.2) is 66.5 Å². The molecule has 0 spiro atoms. The normalized spacial score (nSPS) is 15.1. The molecule has 3 rings (SSSR count). The molecule has 0 saturated carbocycles. The molecule has 2 amide bonds. The molecule has 1 fully saturated rings. The highest BCUT2D eigenvalue weighted by atomic mass is 16.5. The first kappa shape index (κ1) is 28.8. The van der Waals surface area contributed by atoms with Crippen LogP contribution in [0.2, 0.25) is 0 Å².